The maximum absolute atomic E-state index is 12.9. The van der Waals surface area contributed by atoms with Crippen molar-refractivity contribution in [2.45, 2.75) is 89.0 Å². The number of ether oxygens (including phenoxy) is 1. The minimum atomic E-state index is -0.392. The Morgan fingerprint density at radius 2 is 2.00 bits per heavy atom. The van der Waals surface area contributed by atoms with Gasteiger partial charge < -0.3 is 15.4 Å². The van der Waals surface area contributed by atoms with Crippen LogP contribution in [0.15, 0.2) is 5.16 Å². The van der Waals surface area contributed by atoms with Crippen molar-refractivity contribution in [3.8, 4) is 0 Å². The molecule has 0 spiro atoms. The van der Waals surface area contributed by atoms with Crippen LogP contribution in [-0.4, -0.2) is 50.0 Å². The van der Waals surface area contributed by atoms with Gasteiger partial charge in [0.1, 0.15) is 5.00 Å². The third-order valence-corrected chi connectivity index (χ3v) is 8.45. The molecule has 2 aromatic rings. The fraction of sp³-hybridized carbons (Fsp3) is 0.682. The Morgan fingerprint density at radius 1 is 1.27 bits per heavy atom. The first-order valence-electron chi connectivity index (χ1n) is 11.4. The number of nitrogens with zero attached hydrogens (tertiary/aromatic N) is 4. The van der Waals surface area contributed by atoms with Crippen LogP contribution in [0.25, 0.3) is 0 Å². The molecular formula is C22H32N6O3S2. The van der Waals surface area contributed by atoms with E-state index in [0.29, 0.717) is 28.2 Å². The van der Waals surface area contributed by atoms with E-state index in [2.05, 4.69) is 53.9 Å². The number of tetrazole rings is 1. The third-order valence-electron chi connectivity index (χ3n) is 6.04. The first-order chi connectivity index (χ1) is 15.6. The van der Waals surface area contributed by atoms with Gasteiger partial charge in [-0.1, -0.05) is 24.6 Å². The number of nitrogens with one attached hydrogen (secondary N) is 2. The molecule has 1 aliphatic heterocycles. The van der Waals surface area contributed by atoms with Gasteiger partial charge in [0.05, 0.1) is 24.0 Å². The highest BCUT2D eigenvalue weighted by Gasteiger charge is 2.42. The van der Waals surface area contributed by atoms with Crippen molar-refractivity contribution in [2.75, 3.05) is 17.7 Å². The number of fused-ring (bicyclic) bond motifs is 1. The highest BCUT2D eigenvalue weighted by Crippen LogP contribution is 2.45. The summed E-state index contributed by atoms with van der Waals surface area (Å²) >= 11 is 2.77. The SMILES string of the molecule is CCOC(=O)c1c(NC(=O)CSc2nnnn2C2CCCC2)sc2c1CC(C)(C)NC2(C)C. The maximum Gasteiger partial charge on any atom is 0.341 e. The number of carbonyl (C=O) groups excluding carboxylic acids is 2. The molecule has 1 saturated carbocycles. The Bertz CT molecular complexity index is 1040. The first kappa shape index (κ1) is 24.2. The lowest BCUT2D eigenvalue weighted by molar-refractivity contribution is -0.113. The minimum Gasteiger partial charge on any atom is -0.462 e. The van der Waals surface area contributed by atoms with Crippen LogP contribution in [0.2, 0.25) is 0 Å². The first-order valence-corrected chi connectivity index (χ1v) is 13.2. The predicted octanol–water partition coefficient (Wildman–Crippen LogP) is 3.92. The van der Waals surface area contributed by atoms with Crippen LogP contribution < -0.4 is 10.6 Å². The highest BCUT2D eigenvalue weighted by molar-refractivity contribution is 7.99. The fourth-order valence-corrected chi connectivity index (χ4v) is 7.01. The van der Waals surface area contributed by atoms with Gasteiger partial charge in [-0.15, -0.1) is 16.4 Å². The number of aromatic nitrogens is 4. The topological polar surface area (TPSA) is 111 Å². The van der Waals surface area contributed by atoms with Crippen molar-refractivity contribution in [3.05, 3.63) is 16.0 Å². The maximum atomic E-state index is 12.9. The molecule has 1 fully saturated rings. The van der Waals surface area contributed by atoms with Gasteiger partial charge in [-0.25, -0.2) is 9.48 Å². The quantitative estimate of drug-likeness (QED) is 0.442. The van der Waals surface area contributed by atoms with E-state index in [1.54, 1.807) is 6.92 Å². The monoisotopic (exact) mass is 492 g/mol. The molecule has 2 aromatic heterocycles. The summed E-state index contributed by atoms with van der Waals surface area (Å²) in [4.78, 5) is 26.9. The summed E-state index contributed by atoms with van der Waals surface area (Å²) in [5.74, 6) is -0.433. The Morgan fingerprint density at radius 3 is 2.70 bits per heavy atom. The number of hydrogen-bond acceptors (Lipinski definition) is 9. The van der Waals surface area contributed by atoms with Gasteiger partial charge in [0.15, 0.2) is 0 Å². The number of esters is 1. The van der Waals surface area contributed by atoms with E-state index in [1.165, 1.54) is 35.9 Å². The van der Waals surface area contributed by atoms with Crippen molar-refractivity contribution in [1.29, 1.82) is 0 Å². The molecule has 1 aliphatic carbocycles. The second-order valence-electron chi connectivity index (χ2n) is 9.83. The lowest BCUT2D eigenvalue weighted by atomic mass is 9.81. The van der Waals surface area contributed by atoms with Crippen LogP contribution in [0.1, 0.15) is 87.1 Å². The highest BCUT2D eigenvalue weighted by atomic mass is 32.2. The van der Waals surface area contributed by atoms with Crippen LogP contribution in [0.5, 0.6) is 0 Å². The molecule has 3 heterocycles. The van der Waals surface area contributed by atoms with E-state index in [0.717, 1.165) is 23.3 Å². The molecule has 180 valence electrons. The summed E-state index contributed by atoms with van der Waals surface area (Å²) in [5.41, 5.74) is 0.922. The molecule has 2 N–H and O–H groups in total. The van der Waals surface area contributed by atoms with Gasteiger partial charge in [0, 0.05) is 16.0 Å². The van der Waals surface area contributed by atoms with Gasteiger partial charge in [-0.2, -0.15) is 0 Å². The van der Waals surface area contributed by atoms with E-state index >= 15 is 0 Å². The Balaban J connectivity index is 1.54. The number of carbonyl (C=O) groups is 2. The molecule has 0 radical (unpaired) electrons. The summed E-state index contributed by atoms with van der Waals surface area (Å²) < 4.78 is 7.21. The average molecular weight is 493 g/mol. The zero-order valence-electron chi connectivity index (χ0n) is 19.9. The standard InChI is InChI=1S/C22H32N6O3S2/c1-6-31-19(30)16-14-11-21(2,3)25-22(4,5)17(14)33-18(16)23-15(29)12-32-20-24-26-27-28(20)13-9-7-8-10-13/h13,25H,6-12H2,1-5H3,(H,23,29). The Hall–Kier alpha value is -1.98. The molecule has 11 heteroatoms. The Kier molecular flexibility index (Phi) is 6.84. The van der Waals surface area contributed by atoms with E-state index in [9.17, 15) is 9.59 Å². The van der Waals surface area contributed by atoms with Gasteiger partial charge in [-0.3, -0.25) is 4.79 Å². The van der Waals surface area contributed by atoms with E-state index in [4.69, 9.17) is 4.74 Å². The second kappa shape index (κ2) is 9.34. The molecule has 9 nitrogen and oxygen atoms in total. The zero-order valence-corrected chi connectivity index (χ0v) is 21.5. The van der Waals surface area contributed by atoms with Crippen molar-refractivity contribution in [3.63, 3.8) is 0 Å². The lowest BCUT2D eigenvalue weighted by Crippen LogP contribution is -2.55. The summed E-state index contributed by atoms with van der Waals surface area (Å²) in [7, 11) is 0. The largest absolute Gasteiger partial charge is 0.462 e. The predicted molar refractivity (Wildman–Crippen MR) is 129 cm³/mol. The smallest absolute Gasteiger partial charge is 0.341 e. The van der Waals surface area contributed by atoms with Gasteiger partial charge in [0.25, 0.3) is 0 Å². The lowest BCUT2D eigenvalue weighted by Gasteiger charge is -2.42. The number of hydrogen-bond donors (Lipinski definition) is 2. The number of amides is 1. The molecule has 0 bridgehead atoms. The van der Waals surface area contributed by atoms with E-state index in [1.807, 2.05) is 4.68 Å². The molecule has 2 aliphatic rings. The third kappa shape index (κ3) is 5.09. The average Bonchev–Trinajstić information content (AvgIpc) is 3.44. The summed E-state index contributed by atoms with van der Waals surface area (Å²) in [6, 6.07) is 0.308. The van der Waals surface area contributed by atoms with Crippen LogP contribution in [0, 0.1) is 0 Å². The Labute approximate surface area is 202 Å². The normalized spacial score (nSPS) is 19.3. The van der Waals surface area contributed by atoms with Crippen LogP contribution >= 0.6 is 23.1 Å². The zero-order chi connectivity index (χ0) is 23.8. The molecule has 0 unspecified atom stereocenters. The van der Waals surface area contributed by atoms with Gasteiger partial charge >= 0.3 is 5.97 Å². The van der Waals surface area contributed by atoms with Crippen LogP contribution in [0.3, 0.4) is 0 Å². The minimum absolute atomic E-state index is 0.158. The molecule has 1 amide bonds. The molecule has 0 aromatic carbocycles. The molecule has 0 atom stereocenters. The number of thioether (sulfide) groups is 1. The van der Waals surface area contributed by atoms with Crippen LogP contribution in [0.4, 0.5) is 5.00 Å². The van der Waals surface area contributed by atoms with Crippen LogP contribution in [-0.2, 0) is 21.5 Å². The van der Waals surface area contributed by atoms with Crippen molar-refractivity contribution >= 4 is 40.0 Å². The number of anilines is 1. The van der Waals surface area contributed by atoms with Gasteiger partial charge in [-0.05, 0) is 69.9 Å². The number of thiophene rings is 1. The summed E-state index contributed by atoms with van der Waals surface area (Å²) in [5, 5.41) is 19.9. The van der Waals surface area contributed by atoms with Gasteiger partial charge in [0.2, 0.25) is 11.1 Å². The summed E-state index contributed by atoms with van der Waals surface area (Å²) in [6.07, 6.45) is 5.16. The molecular weight excluding hydrogens is 460 g/mol. The molecule has 4 rings (SSSR count). The van der Waals surface area contributed by atoms with Crippen molar-refractivity contribution < 1.29 is 14.3 Å². The van der Waals surface area contributed by atoms with Crippen molar-refractivity contribution in [2.24, 2.45) is 0 Å². The number of rotatable bonds is 7. The molecule has 0 saturated heterocycles. The summed E-state index contributed by atoms with van der Waals surface area (Å²) in [6.45, 7) is 10.5. The van der Waals surface area contributed by atoms with E-state index < -0.39 is 5.97 Å². The fourth-order valence-electron chi connectivity index (χ4n) is 4.99. The van der Waals surface area contributed by atoms with Crippen molar-refractivity contribution in [1.82, 2.24) is 25.5 Å². The molecule has 33 heavy (non-hydrogen) atoms. The second-order valence-corrected chi connectivity index (χ2v) is 11.8. The van der Waals surface area contributed by atoms with E-state index in [-0.39, 0.29) is 29.3 Å².